The third-order valence-electron chi connectivity index (χ3n) is 3.67. The number of thiophene rings is 2. The van der Waals surface area contributed by atoms with Crippen LogP contribution < -0.4 is 0 Å². The Balaban J connectivity index is 1.67. The molecule has 2 heteroatoms. The third kappa shape index (κ3) is 2.15. The predicted molar refractivity (Wildman–Crippen MR) is 91.1 cm³/mol. The normalized spacial score (nSPS) is 11.4. The summed E-state index contributed by atoms with van der Waals surface area (Å²) in [5, 5.41) is 5.00. The maximum Gasteiger partial charge on any atom is 0.0432 e. The van der Waals surface area contributed by atoms with Crippen LogP contribution in [0.25, 0.3) is 20.2 Å². The van der Waals surface area contributed by atoms with Crippen LogP contribution in [0.4, 0.5) is 0 Å². The Morgan fingerprint density at radius 1 is 0.850 bits per heavy atom. The van der Waals surface area contributed by atoms with Crippen molar-refractivity contribution in [1.29, 1.82) is 0 Å². The molecule has 0 atom stereocenters. The molecule has 98 valence electrons. The first kappa shape index (κ1) is 12.1. The first-order valence-electron chi connectivity index (χ1n) is 6.83. The number of hydrogen-bond acceptors (Lipinski definition) is 2. The maximum absolute atomic E-state index is 2.36. The maximum atomic E-state index is 2.36. The molecule has 0 saturated carbocycles. The highest BCUT2D eigenvalue weighted by atomic mass is 32.1. The van der Waals surface area contributed by atoms with Crippen molar-refractivity contribution >= 4 is 42.8 Å². The number of fused-ring (bicyclic) bond motifs is 3. The Labute approximate surface area is 126 Å². The van der Waals surface area contributed by atoms with Gasteiger partial charge in [-0.3, -0.25) is 0 Å². The van der Waals surface area contributed by atoms with Gasteiger partial charge in [-0.2, -0.15) is 0 Å². The Bertz CT molecular complexity index is 853. The van der Waals surface area contributed by atoms with Crippen molar-refractivity contribution in [3.63, 3.8) is 0 Å². The van der Waals surface area contributed by atoms with Gasteiger partial charge in [-0.1, -0.05) is 36.4 Å². The fraction of sp³-hybridized carbons (Fsp3) is 0.111. The molecule has 0 saturated heterocycles. The number of hydrogen-bond donors (Lipinski definition) is 0. The molecule has 0 fully saturated rings. The fourth-order valence-electron chi connectivity index (χ4n) is 2.63. The molecular formula is C18H14S2. The van der Waals surface area contributed by atoms with Gasteiger partial charge in [0.25, 0.3) is 0 Å². The second-order valence-corrected chi connectivity index (χ2v) is 7.10. The molecule has 20 heavy (non-hydrogen) atoms. The van der Waals surface area contributed by atoms with Crippen LogP contribution in [0.1, 0.15) is 10.4 Å². The van der Waals surface area contributed by atoms with E-state index < -0.39 is 0 Å². The van der Waals surface area contributed by atoms with Gasteiger partial charge in [-0.15, -0.1) is 22.7 Å². The Morgan fingerprint density at radius 3 is 2.65 bits per heavy atom. The molecule has 0 amide bonds. The number of benzene rings is 2. The zero-order valence-electron chi connectivity index (χ0n) is 11.0. The molecule has 0 unspecified atom stereocenters. The van der Waals surface area contributed by atoms with E-state index in [1.54, 1.807) is 0 Å². The van der Waals surface area contributed by atoms with E-state index in [2.05, 4.69) is 60.0 Å². The lowest BCUT2D eigenvalue weighted by Gasteiger charge is -1.98. The Morgan fingerprint density at radius 2 is 1.75 bits per heavy atom. The van der Waals surface area contributed by atoms with E-state index >= 15 is 0 Å². The van der Waals surface area contributed by atoms with E-state index in [0.29, 0.717) is 0 Å². The predicted octanol–water partition coefficient (Wildman–Crippen LogP) is 5.90. The summed E-state index contributed by atoms with van der Waals surface area (Å²) in [4.78, 5) is 1.49. The second kappa shape index (κ2) is 5.04. The quantitative estimate of drug-likeness (QED) is 0.441. The third-order valence-corrected chi connectivity index (χ3v) is 5.79. The van der Waals surface area contributed by atoms with Crippen molar-refractivity contribution in [3.05, 3.63) is 70.4 Å². The largest absolute Gasteiger partial charge is 0.144 e. The first-order valence-corrected chi connectivity index (χ1v) is 8.52. The zero-order chi connectivity index (χ0) is 13.4. The lowest BCUT2D eigenvalue weighted by molar-refractivity contribution is 0.982. The highest BCUT2D eigenvalue weighted by Gasteiger charge is 2.06. The second-order valence-electron chi connectivity index (χ2n) is 5.01. The van der Waals surface area contributed by atoms with E-state index in [1.807, 2.05) is 22.7 Å². The van der Waals surface area contributed by atoms with Crippen LogP contribution in [0.3, 0.4) is 0 Å². The van der Waals surface area contributed by atoms with Crippen molar-refractivity contribution in [3.8, 4) is 0 Å². The zero-order valence-corrected chi connectivity index (χ0v) is 12.6. The average molecular weight is 294 g/mol. The van der Waals surface area contributed by atoms with Crippen LogP contribution in [0.2, 0.25) is 0 Å². The summed E-state index contributed by atoms with van der Waals surface area (Å²) >= 11 is 3.79. The standard InChI is InChI=1S/C18H14S2/c1-2-4-13(5-3-1)6-8-15-12-14-7-9-17-16(10-11-19-17)18(14)20-15/h1-5,7,9-12H,6,8H2. The molecule has 4 rings (SSSR count). The molecule has 2 aromatic carbocycles. The molecule has 2 heterocycles. The van der Waals surface area contributed by atoms with Crippen LogP contribution in [-0.2, 0) is 12.8 Å². The Kier molecular flexibility index (Phi) is 3.06. The van der Waals surface area contributed by atoms with Gasteiger partial charge in [0.1, 0.15) is 0 Å². The molecule has 2 aromatic heterocycles. The van der Waals surface area contributed by atoms with Crippen LogP contribution in [0.15, 0.2) is 60.0 Å². The van der Waals surface area contributed by atoms with Crippen LogP contribution in [0.5, 0.6) is 0 Å². The minimum absolute atomic E-state index is 1.13. The minimum Gasteiger partial charge on any atom is -0.144 e. The molecule has 0 spiro atoms. The highest BCUT2D eigenvalue weighted by molar-refractivity contribution is 7.22. The molecular weight excluding hydrogens is 280 g/mol. The summed E-state index contributed by atoms with van der Waals surface area (Å²) in [5.74, 6) is 0. The van der Waals surface area contributed by atoms with E-state index in [-0.39, 0.29) is 0 Å². The van der Waals surface area contributed by atoms with Crippen LogP contribution in [0, 0.1) is 0 Å². The van der Waals surface area contributed by atoms with Gasteiger partial charge < -0.3 is 0 Å². The summed E-state index contributed by atoms with van der Waals surface area (Å²) in [6.07, 6.45) is 2.26. The minimum atomic E-state index is 1.13. The summed E-state index contributed by atoms with van der Waals surface area (Å²) < 4.78 is 2.85. The first-order chi connectivity index (χ1) is 9.90. The van der Waals surface area contributed by atoms with Crippen LogP contribution >= 0.6 is 22.7 Å². The van der Waals surface area contributed by atoms with Gasteiger partial charge in [0.15, 0.2) is 0 Å². The summed E-state index contributed by atoms with van der Waals surface area (Å²) in [7, 11) is 0. The summed E-state index contributed by atoms with van der Waals surface area (Å²) in [5.41, 5.74) is 1.42. The average Bonchev–Trinajstić information content (AvgIpc) is 3.11. The van der Waals surface area contributed by atoms with Crippen molar-refractivity contribution < 1.29 is 0 Å². The lowest BCUT2D eigenvalue weighted by atomic mass is 10.1. The van der Waals surface area contributed by atoms with Crippen molar-refractivity contribution in [2.45, 2.75) is 12.8 Å². The summed E-state index contributed by atoms with van der Waals surface area (Å²) in [6.45, 7) is 0. The van der Waals surface area contributed by atoms with E-state index in [4.69, 9.17) is 0 Å². The van der Waals surface area contributed by atoms with E-state index in [1.165, 1.54) is 30.6 Å². The van der Waals surface area contributed by atoms with E-state index in [9.17, 15) is 0 Å². The van der Waals surface area contributed by atoms with Gasteiger partial charge in [-0.25, -0.2) is 0 Å². The molecule has 4 aromatic rings. The SMILES string of the molecule is c1ccc(CCc2cc3ccc4sccc4c3s2)cc1. The van der Waals surface area contributed by atoms with Crippen molar-refractivity contribution in [2.75, 3.05) is 0 Å². The molecule has 0 aliphatic heterocycles. The number of aryl methyl sites for hydroxylation is 2. The summed E-state index contributed by atoms with van der Waals surface area (Å²) in [6, 6.07) is 19.9. The molecule has 0 nitrogen and oxygen atoms in total. The van der Waals surface area contributed by atoms with Crippen molar-refractivity contribution in [2.24, 2.45) is 0 Å². The van der Waals surface area contributed by atoms with Gasteiger partial charge in [0.2, 0.25) is 0 Å². The number of rotatable bonds is 3. The molecule has 0 aliphatic rings. The van der Waals surface area contributed by atoms with Gasteiger partial charge in [-0.05, 0) is 47.4 Å². The Hall–Kier alpha value is -1.64. The lowest BCUT2D eigenvalue weighted by Crippen LogP contribution is -1.87. The topological polar surface area (TPSA) is 0 Å². The molecule has 0 bridgehead atoms. The molecule has 0 radical (unpaired) electrons. The van der Waals surface area contributed by atoms with Gasteiger partial charge in [0, 0.05) is 19.7 Å². The fourth-order valence-corrected chi connectivity index (χ4v) is 4.68. The molecule has 0 N–H and O–H groups in total. The van der Waals surface area contributed by atoms with Crippen molar-refractivity contribution in [1.82, 2.24) is 0 Å². The van der Waals surface area contributed by atoms with Gasteiger partial charge >= 0.3 is 0 Å². The highest BCUT2D eigenvalue weighted by Crippen LogP contribution is 2.35. The monoisotopic (exact) mass is 294 g/mol. The van der Waals surface area contributed by atoms with Crippen LogP contribution in [-0.4, -0.2) is 0 Å². The smallest absolute Gasteiger partial charge is 0.0432 e. The van der Waals surface area contributed by atoms with E-state index in [0.717, 1.165) is 12.8 Å². The molecule has 0 aliphatic carbocycles. The van der Waals surface area contributed by atoms with Gasteiger partial charge in [0.05, 0.1) is 0 Å².